The van der Waals surface area contributed by atoms with E-state index in [2.05, 4.69) is 29.4 Å². The first-order valence-electron chi connectivity index (χ1n) is 9.93. The second-order valence-corrected chi connectivity index (χ2v) is 8.16. The molecule has 1 aliphatic rings. The fraction of sp³-hybridized carbons (Fsp3) is 0.429. The lowest BCUT2D eigenvalue weighted by molar-refractivity contribution is -0.118. The minimum absolute atomic E-state index is 0.166. The molecule has 0 saturated carbocycles. The Labute approximate surface area is 172 Å². The highest BCUT2D eigenvalue weighted by Crippen LogP contribution is 2.30. The average molecular weight is 413 g/mol. The third-order valence-electron chi connectivity index (χ3n) is 5.34. The Kier molecular flexibility index (Phi) is 5.62. The van der Waals surface area contributed by atoms with Crippen LogP contribution in [0.1, 0.15) is 55.2 Å². The number of rotatable bonds is 7. The van der Waals surface area contributed by atoms with E-state index in [-0.39, 0.29) is 18.1 Å². The van der Waals surface area contributed by atoms with Crippen molar-refractivity contribution in [3.8, 4) is 5.75 Å². The minimum Gasteiger partial charge on any atom is -0.484 e. The molecule has 8 heteroatoms. The van der Waals surface area contributed by atoms with Crippen LogP contribution in [0.25, 0.3) is 11.0 Å². The molecule has 1 N–H and O–H groups in total. The molecule has 1 aliphatic carbocycles. The van der Waals surface area contributed by atoms with Gasteiger partial charge in [0.2, 0.25) is 5.13 Å². The van der Waals surface area contributed by atoms with Crippen molar-refractivity contribution in [1.29, 1.82) is 0 Å². The van der Waals surface area contributed by atoms with Crippen molar-refractivity contribution < 1.29 is 13.9 Å². The Bertz CT molecular complexity index is 1100. The van der Waals surface area contributed by atoms with Crippen molar-refractivity contribution in [3.63, 3.8) is 0 Å². The molecule has 7 nitrogen and oxygen atoms in total. The van der Waals surface area contributed by atoms with E-state index in [1.54, 1.807) is 12.1 Å². The minimum atomic E-state index is -0.312. The summed E-state index contributed by atoms with van der Waals surface area (Å²) in [6.07, 6.45) is 4.62. The van der Waals surface area contributed by atoms with Crippen LogP contribution in [0.2, 0.25) is 0 Å². The van der Waals surface area contributed by atoms with Gasteiger partial charge in [-0.3, -0.25) is 10.1 Å². The largest absolute Gasteiger partial charge is 0.484 e. The van der Waals surface area contributed by atoms with Gasteiger partial charge in [0.05, 0.1) is 0 Å². The zero-order valence-electron chi connectivity index (χ0n) is 16.5. The summed E-state index contributed by atoms with van der Waals surface area (Å²) < 4.78 is 11.0. The molecule has 4 rings (SSSR count). The van der Waals surface area contributed by atoms with Crippen LogP contribution in [0.5, 0.6) is 5.75 Å². The van der Waals surface area contributed by atoms with Gasteiger partial charge in [-0.05, 0) is 49.8 Å². The van der Waals surface area contributed by atoms with Crippen molar-refractivity contribution in [2.45, 2.75) is 51.9 Å². The number of anilines is 1. The summed E-state index contributed by atoms with van der Waals surface area (Å²) in [6.45, 7) is 4.06. The molecule has 152 valence electrons. The summed E-state index contributed by atoms with van der Waals surface area (Å²) in [5, 5.41) is 13.3. The zero-order chi connectivity index (χ0) is 20.4. The van der Waals surface area contributed by atoms with Gasteiger partial charge in [0, 0.05) is 22.9 Å². The third-order valence-corrected chi connectivity index (χ3v) is 6.34. The number of hydrogen-bond acceptors (Lipinski definition) is 7. The smallest absolute Gasteiger partial charge is 0.339 e. The molecule has 0 aliphatic heterocycles. The van der Waals surface area contributed by atoms with Crippen LogP contribution in [0.4, 0.5) is 5.13 Å². The maximum absolute atomic E-state index is 12.2. The molecule has 0 saturated heterocycles. The standard InChI is InChI=1S/C21H23N3O4S/c1-3-12(4-2)19-23-24-21(29-19)22-18(25)11-27-13-8-9-15-14-6-5-7-16(14)20(26)28-17(15)10-13/h8-10,12H,3-7,11H2,1-2H3,(H,22,24,25). The second-order valence-electron chi connectivity index (χ2n) is 7.15. The van der Waals surface area contributed by atoms with Gasteiger partial charge in [-0.15, -0.1) is 10.2 Å². The lowest BCUT2D eigenvalue weighted by Gasteiger charge is -2.08. The lowest BCUT2D eigenvalue weighted by Crippen LogP contribution is -2.20. The highest BCUT2D eigenvalue weighted by Gasteiger charge is 2.20. The molecule has 3 aromatic rings. The summed E-state index contributed by atoms with van der Waals surface area (Å²) >= 11 is 1.40. The number of carbonyl (C=O) groups is 1. The predicted octanol–water partition coefficient (Wildman–Crippen LogP) is 4.05. The van der Waals surface area contributed by atoms with Crippen molar-refractivity contribution >= 4 is 33.3 Å². The number of fused-ring (bicyclic) bond motifs is 3. The zero-order valence-corrected chi connectivity index (χ0v) is 17.3. The number of amides is 1. The summed E-state index contributed by atoms with van der Waals surface area (Å²) in [4.78, 5) is 24.3. The van der Waals surface area contributed by atoms with Crippen LogP contribution in [0.3, 0.4) is 0 Å². The Hall–Kier alpha value is -2.74. The molecule has 0 atom stereocenters. The number of benzene rings is 1. The van der Waals surface area contributed by atoms with Gasteiger partial charge in [-0.2, -0.15) is 0 Å². The highest BCUT2D eigenvalue weighted by atomic mass is 32.1. The molecule has 2 heterocycles. The maximum Gasteiger partial charge on any atom is 0.339 e. The third kappa shape index (κ3) is 4.03. The van der Waals surface area contributed by atoms with Gasteiger partial charge in [0.25, 0.3) is 5.91 Å². The van der Waals surface area contributed by atoms with Crippen molar-refractivity contribution in [1.82, 2.24) is 10.2 Å². The molecule has 0 unspecified atom stereocenters. The summed E-state index contributed by atoms with van der Waals surface area (Å²) in [6, 6.07) is 5.35. The Morgan fingerprint density at radius 1 is 1.24 bits per heavy atom. The summed E-state index contributed by atoms with van der Waals surface area (Å²) in [5.41, 5.74) is 2.08. The lowest BCUT2D eigenvalue weighted by atomic mass is 10.1. The normalized spacial score (nSPS) is 13.1. The number of aryl methyl sites for hydroxylation is 1. The van der Waals surface area contributed by atoms with Crippen LogP contribution in [0, 0.1) is 0 Å². The molecule has 0 spiro atoms. The Morgan fingerprint density at radius 2 is 2.03 bits per heavy atom. The van der Waals surface area contributed by atoms with Crippen LogP contribution >= 0.6 is 11.3 Å². The van der Waals surface area contributed by atoms with Crippen LogP contribution < -0.4 is 15.7 Å². The van der Waals surface area contributed by atoms with E-state index in [0.717, 1.165) is 53.6 Å². The number of carbonyl (C=O) groups excluding carboxylic acids is 1. The number of ether oxygens (including phenoxy) is 1. The molecule has 0 bridgehead atoms. The van der Waals surface area contributed by atoms with Gasteiger partial charge >= 0.3 is 5.63 Å². The molecule has 1 amide bonds. The predicted molar refractivity (Wildman–Crippen MR) is 112 cm³/mol. The van der Waals surface area contributed by atoms with Crippen LogP contribution in [-0.2, 0) is 17.6 Å². The Morgan fingerprint density at radius 3 is 2.83 bits per heavy atom. The monoisotopic (exact) mass is 413 g/mol. The van der Waals surface area contributed by atoms with Crippen LogP contribution in [0.15, 0.2) is 27.4 Å². The van der Waals surface area contributed by atoms with Gasteiger partial charge in [-0.1, -0.05) is 25.2 Å². The summed E-state index contributed by atoms with van der Waals surface area (Å²) in [7, 11) is 0. The molecule has 0 radical (unpaired) electrons. The van der Waals surface area contributed by atoms with E-state index in [9.17, 15) is 9.59 Å². The highest BCUT2D eigenvalue weighted by molar-refractivity contribution is 7.15. The first kappa shape index (κ1) is 19.6. The fourth-order valence-corrected chi connectivity index (χ4v) is 4.77. The van der Waals surface area contributed by atoms with E-state index >= 15 is 0 Å². The average Bonchev–Trinajstić information content (AvgIpc) is 3.38. The molecular formula is C21H23N3O4S. The number of nitrogens with zero attached hydrogens (tertiary/aromatic N) is 2. The Balaban J connectivity index is 1.41. The maximum atomic E-state index is 12.2. The van der Waals surface area contributed by atoms with E-state index < -0.39 is 0 Å². The molecular weight excluding hydrogens is 390 g/mol. The number of aromatic nitrogens is 2. The van der Waals surface area contributed by atoms with E-state index in [0.29, 0.717) is 22.4 Å². The van der Waals surface area contributed by atoms with Gasteiger partial charge in [0.15, 0.2) is 6.61 Å². The first-order valence-corrected chi connectivity index (χ1v) is 10.7. The quantitative estimate of drug-likeness (QED) is 0.587. The SMILES string of the molecule is CCC(CC)c1nnc(NC(=O)COc2ccc3c4c(c(=O)oc3c2)CCC4)s1. The van der Waals surface area contributed by atoms with Gasteiger partial charge in [0.1, 0.15) is 16.3 Å². The van der Waals surface area contributed by atoms with E-state index in [1.165, 1.54) is 11.3 Å². The fourth-order valence-electron chi connectivity index (χ4n) is 3.75. The van der Waals surface area contributed by atoms with Crippen molar-refractivity contribution in [2.75, 3.05) is 11.9 Å². The molecule has 0 fully saturated rings. The van der Waals surface area contributed by atoms with E-state index in [4.69, 9.17) is 9.15 Å². The van der Waals surface area contributed by atoms with Gasteiger partial charge in [-0.25, -0.2) is 4.79 Å². The van der Waals surface area contributed by atoms with Crippen molar-refractivity contribution in [2.24, 2.45) is 0 Å². The van der Waals surface area contributed by atoms with Crippen molar-refractivity contribution in [3.05, 3.63) is 44.8 Å². The molecule has 2 aromatic heterocycles. The second kappa shape index (κ2) is 8.32. The van der Waals surface area contributed by atoms with E-state index in [1.807, 2.05) is 6.07 Å². The number of hydrogen-bond donors (Lipinski definition) is 1. The van der Waals surface area contributed by atoms with Crippen LogP contribution in [-0.4, -0.2) is 22.7 Å². The van der Waals surface area contributed by atoms with Gasteiger partial charge < -0.3 is 9.15 Å². The first-order chi connectivity index (χ1) is 14.1. The molecule has 29 heavy (non-hydrogen) atoms. The topological polar surface area (TPSA) is 94.3 Å². The molecule has 1 aromatic carbocycles. The number of nitrogens with one attached hydrogen (secondary N) is 1. The summed E-state index contributed by atoms with van der Waals surface area (Å²) in [5.74, 6) is 0.527.